The third-order valence-electron chi connectivity index (χ3n) is 4.86. The first-order valence-corrected chi connectivity index (χ1v) is 10.4. The number of urea groups is 1. The van der Waals surface area contributed by atoms with Crippen molar-refractivity contribution in [2.45, 2.75) is 37.5 Å². The summed E-state index contributed by atoms with van der Waals surface area (Å²) in [6.07, 6.45) is 1.49. The normalized spacial score (nSPS) is 23.3. The fourth-order valence-corrected chi connectivity index (χ4v) is 5.30. The molecule has 0 aromatic carbocycles. The van der Waals surface area contributed by atoms with Gasteiger partial charge in [-0.25, -0.2) is 4.79 Å². The van der Waals surface area contributed by atoms with Crippen LogP contribution >= 0.6 is 22.7 Å². The number of hydrogen-bond acceptors (Lipinski definition) is 6. The van der Waals surface area contributed by atoms with Crippen molar-refractivity contribution >= 4 is 34.6 Å². The van der Waals surface area contributed by atoms with Crippen LogP contribution in [0.25, 0.3) is 0 Å². The highest BCUT2D eigenvalue weighted by Crippen LogP contribution is 2.42. The second-order valence-corrected chi connectivity index (χ2v) is 8.64. The van der Waals surface area contributed by atoms with Crippen LogP contribution in [-0.2, 0) is 28.1 Å². The zero-order valence-corrected chi connectivity index (χ0v) is 15.8. The van der Waals surface area contributed by atoms with Gasteiger partial charge in [0.1, 0.15) is 5.54 Å². The summed E-state index contributed by atoms with van der Waals surface area (Å²) in [6.45, 7) is 0.430. The van der Waals surface area contributed by atoms with Gasteiger partial charge >= 0.3 is 6.03 Å². The number of rotatable bonds is 6. The molecule has 0 saturated carbocycles. The number of thiophene rings is 2. The quantitative estimate of drug-likeness (QED) is 0.741. The van der Waals surface area contributed by atoms with E-state index in [9.17, 15) is 14.7 Å². The Morgan fingerprint density at radius 1 is 1.31 bits per heavy atom. The lowest BCUT2D eigenvalue weighted by Crippen LogP contribution is -2.46. The van der Waals surface area contributed by atoms with Gasteiger partial charge in [-0.2, -0.15) is 0 Å². The SMILES string of the molecule is O=C1NC2(CCCc3sccc32)C(=O)N1CC(O)COCc1cccs1. The van der Waals surface area contributed by atoms with E-state index in [1.54, 1.807) is 22.7 Å². The van der Waals surface area contributed by atoms with E-state index in [0.717, 1.165) is 33.1 Å². The van der Waals surface area contributed by atoms with E-state index < -0.39 is 17.7 Å². The number of carbonyl (C=O) groups is 2. The van der Waals surface area contributed by atoms with Gasteiger partial charge in [0.15, 0.2) is 0 Å². The number of imide groups is 1. The molecule has 26 heavy (non-hydrogen) atoms. The van der Waals surface area contributed by atoms with Crippen molar-refractivity contribution in [3.05, 3.63) is 44.3 Å². The van der Waals surface area contributed by atoms with Gasteiger partial charge in [0.05, 0.1) is 25.9 Å². The van der Waals surface area contributed by atoms with Crippen molar-refractivity contribution in [1.82, 2.24) is 10.2 Å². The molecule has 2 unspecified atom stereocenters. The van der Waals surface area contributed by atoms with E-state index in [-0.39, 0.29) is 19.1 Å². The van der Waals surface area contributed by atoms with Crippen LogP contribution in [0.2, 0.25) is 0 Å². The molecular formula is C18H20N2O4S2. The molecular weight excluding hydrogens is 372 g/mol. The van der Waals surface area contributed by atoms with Crippen molar-refractivity contribution in [3.8, 4) is 0 Å². The van der Waals surface area contributed by atoms with Crippen molar-refractivity contribution in [2.75, 3.05) is 13.2 Å². The molecule has 0 radical (unpaired) electrons. The Balaban J connectivity index is 1.40. The van der Waals surface area contributed by atoms with Gasteiger partial charge in [-0.05, 0) is 42.2 Å². The van der Waals surface area contributed by atoms with Gasteiger partial charge in [0.2, 0.25) is 0 Å². The van der Waals surface area contributed by atoms with Crippen LogP contribution in [0.3, 0.4) is 0 Å². The molecule has 2 N–H and O–H groups in total. The second kappa shape index (κ2) is 7.11. The highest BCUT2D eigenvalue weighted by molar-refractivity contribution is 7.10. The van der Waals surface area contributed by atoms with Gasteiger partial charge < -0.3 is 15.2 Å². The van der Waals surface area contributed by atoms with Crippen molar-refractivity contribution in [3.63, 3.8) is 0 Å². The summed E-state index contributed by atoms with van der Waals surface area (Å²) in [6, 6.07) is 5.39. The Labute approximate surface area is 159 Å². The van der Waals surface area contributed by atoms with Crippen molar-refractivity contribution in [2.24, 2.45) is 0 Å². The summed E-state index contributed by atoms with van der Waals surface area (Å²) < 4.78 is 5.49. The molecule has 6 nitrogen and oxygen atoms in total. The van der Waals surface area contributed by atoms with Gasteiger partial charge in [0.25, 0.3) is 5.91 Å². The first-order chi connectivity index (χ1) is 12.6. The molecule has 2 aliphatic rings. The average molecular weight is 393 g/mol. The smallest absolute Gasteiger partial charge is 0.325 e. The fraction of sp³-hybridized carbons (Fsp3) is 0.444. The summed E-state index contributed by atoms with van der Waals surface area (Å²) in [5.41, 5.74) is -0.0413. The lowest BCUT2D eigenvalue weighted by Gasteiger charge is -2.31. The minimum Gasteiger partial charge on any atom is -0.389 e. The molecule has 1 spiro atoms. The van der Waals surface area contributed by atoms with Crippen molar-refractivity contribution in [1.29, 1.82) is 0 Å². The monoisotopic (exact) mass is 392 g/mol. The minimum absolute atomic E-state index is 0.0592. The van der Waals surface area contributed by atoms with Crippen LogP contribution in [0.1, 0.15) is 28.2 Å². The molecule has 3 heterocycles. The van der Waals surface area contributed by atoms with E-state index in [1.807, 2.05) is 29.0 Å². The molecule has 2 aromatic rings. The van der Waals surface area contributed by atoms with Gasteiger partial charge in [-0.3, -0.25) is 9.69 Å². The molecule has 138 valence electrons. The number of aliphatic hydroxyl groups is 1. The third-order valence-corrected chi connectivity index (χ3v) is 6.70. The summed E-state index contributed by atoms with van der Waals surface area (Å²) >= 11 is 3.21. The van der Waals surface area contributed by atoms with Gasteiger partial charge in [-0.1, -0.05) is 6.07 Å². The summed E-state index contributed by atoms with van der Waals surface area (Å²) in [7, 11) is 0. The van der Waals surface area contributed by atoms with Crippen LogP contribution in [0.4, 0.5) is 4.79 Å². The Morgan fingerprint density at radius 3 is 3.00 bits per heavy atom. The van der Waals surface area contributed by atoms with E-state index in [4.69, 9.17) is 4.74 Å². The lowest BCUT2D eigenvalue weighted by molar-refractivity contribution is -0.133. The number of β-amino-alcohol motifs (C(OH)–C–C–N with tert-alkyl or cyclic N) is 1. The number of ether oxygens (including phenoxy) is 1. The lowest BCUT2D eigenvalue weighted by atomic mass is 9.80. The molecule has 8 heteroatoms. The number of fused-ring (bicyclic) bond motifs is 2. The number of aryl methyl sites for hydroxylation is 1. The Hall–Kier alpha value is -1.74. The first kappa shape index (κ1) is 17.7. The highest BCUT2D eigenvalue weighted by Gasteiger charge is 2.54. The summed E-state index contributed by atoms with van der Waals surface area (Å²) in [5, 5.41) is 17.0. The number of aliphatic hydroxyl groups excluding tert-OH is 1. The molecule has 0 bridgehead atoms. The molecule has 1 fully saturated rings. The zero-order valence-electron chi connectivity index (χ0n) is 14.1. The Kier molecular flexibility index (Phi) is 4.83. The molecule has 2 aromatic heterocycles. The van der Waals surface area contributed by atoms with Crippen LogP contribution in [0.5, 0.6) is 0 Å². The van der Waals surface area contributed by atoms with Crippen LogP contribution in [-0.4, -0.2) is 41.2 Å². The maximum Gasteiger partial charge on any atom is 0.325 e. The standard InChI is InChI=1S/C18H20N2O4S2/c21-12(10-24-11-13-3-2-7-25-13)9-20-16(22)18(19-17(20)23)6-1-4-15-14(18)5-8-26-15/h2-3,5,7-8,12,21H,1,4,6,9-11H2,(H,19,23). The molecule has 1 aliphatic heterocycles. The largest absolute Gasteiger partial charge is 0.389 e. The number of nitrogens with one attached hydrogen (secondary N) is 1. The topological polar surface area (TPSA) is 78.9 Å². The van der Waals surface area contributed by atoms with Gasteiger partial charge in [-0.15, -0.1) is 22.7 Å². The van der Waals surface area contributed by atoms with Gasteiger partial charge in [0, 0.05) is 15.3 Å². The minimum atomic E-state index is -0.956. The Morgan fingerprint density at radius 2 is 2.19 bits per heavy atom. The van der Waals surface area contributed by atoms with E-state index >= 15 is 0 Å². The number of nitrogens with zero attached hydrogens (tertiary/aromatic N) is 1. The summed E-state index contributed by atoms with van der Waals surface area (Å²) in [4.78, 5) is 28.8. The van der Waals surface area contributed by atoms with Crippen LogP contribution in [0.15, 0.2) is 29.0 Å². The third kappa shape index (κ3) is 3.07. The van der Waals surface area contributed by atoms with E-state index in [0.29, 0.717) is 13.0 Å². The molecule has 1 aliphatic carbocycles. The first-order valence-electron chi connectivity index (χ1n) is 8.59. The highest BCUT2D eigenvalue weighted by atomic mass is 32.1. The predicted molar refractivity (Wildman–Crippen MR) is 99.2 cm³/mol. The van der Waals surface area contributed by atoms with E-state index in [1.165, 1.54) is 0 Å². The van der Waals surface area contributed by atoms with E-state index in [2.05, 4.69) is 5.32 Å². The van der Waals surface area contributed by atoms with Crippen LogP contribution < -0.4 is 5.32 Å². The van der Waals surface area contributed by atoms with Crippen LogP contribution in [0, 0.1) is 0 Å². The number of amides is 3. The molecule has 1 saturated heterocycles. The zero-order chi connectivity index (χ0) is 18.1. The predicted octanol–water partition coefficient (Wildman–Crippen LogP) is 2.47. The fourth-order valence-electron chi connectivity index (χ4n) is 3.66. The number of hydrogen-bond donors (Lipinski definition) is 2. The number of carbonyl (C=O) groups excluding carboxylic acids is 2. The molecule has 3 amide bonds. The molecule has 4 rings (SSSR count). The Bertz CT molecular complexity index is 804. The van der Waals surface area contributed by atoms with Crippen molar-refractivity contribution < 1.29 is 19.4 Å². The molecule has 2 atom stereocenters. The maximum absolute atomic E-state index is 13.0. The average Bonchev–Trinajstić information content (AvgIpc) is 3.34. The second-order valence-electron chi connectivity index (χ2n) is 6.61. The maximum atomic E-state index is 13.0. The summed E-state index contributed by atoms with van der Waals surface area (Å²) in [5.74, 6) is -0.265.